The molecule has 3 nitrogen and oxygen atoms in total. The number of rotatable bonds is 4. The summed E-state index contributed by atoms with van der Waals surface area (Å²) in [6.45, 7) is 2.23. The molecule has 1 saturated carbocycles. The number of carbonyl (C=O) groups excluding carboxylic acids is 1. The number of hydrogen-bond acceptors (Lipinski definition) is 3. The molecule has 1 aromatic rings. The zero-order chi connectivity index (χ0) is 12.8. The standard InChI is InChI=1S/C15H21NO2/c1-2-18-15(17)12-8-10-14(11-9-12)16-13-6-4-3-5-7-13/h8-11,13,16H,2-7H2,1H3. The van der Waals surface area contributed by atoms with E-state index in [4.69, 9.17) is 4.74 Å². The topological polar surface area (TPSA) is 38.3 Å². The third-order valence-corrected chi connectivity index (χ3v) is 3.37. The maximum absolute atomic E-state index is 11.5. The van der Waals surface area contributed by atoms with Gasteiger partial charge in [0, 0.05) is 11.7 Å². The first kappa shape index (κ1) is 12.9. The van der Waals surface area contributed by atoms with Gasteiger partial charge in [-0.15, -0.1) is 0 Å². The lowest BCUT2D eigenvalue weighted by Crippen LogP contribution is -2.22. The molecule has 0 atom stereocenters. The summed E-state index contributed by atoms with van der Waals surface area (Å²) in [7, 11) is 0. The van der Waals surface area contributed by atoms with Gasteiger partial charge in [0.1, 0.15) is 0 Å². The number of carbonyl (C=O) groups is 1. The van der Waals surface area contributed by atoms with Crippen molar-refractivity contribution >= 4 is 11.7 Å². The molecular formula is C15H21NO2. The zero-order valence-corrected chi connectivity index (χ0v) is 10.9. The van der Waals surface area contributed by atoms with E-state index in [-0.39, 0.29) is 5.97 Å². The molecule has 0 aromatic heterocycles. The maximum atomic E-state index is 11.5. The Hall–Kier alpha value is -1.51. The Morgan fingerprint density at radius 2 is 1.89 bits per heavy atom. The molecule has 0 radical (unpaired) electrons. The van der Waals surface area contributed by atoms with Crippen LogP contribution in [0.15, 0.2) is 24.3 Å². The van der Waals surface area contributed by atoms with Crippen LogP contribution in [-0.4, -0.2) is 18.6 Å². The Bertz CT molecular complexity index is 380. The van der Waals surface area contributed by atoms with Crippen LogP contribution in [0.3, 0.4) is 0 Å². The van der Waals surface area contributed by atoms with Crippen molar-refractivity contribution in [1.29, 1.82) is 0 Å². The van der Waals surface area contributed by atoms with Gasteiger partial charge in [0.15, 0.2) is 0 Å². The predicted octanol–water partition coefficient (Wildman–Crippen LogP) is 3.61. The van der Waals surface area contributed by atoms with E-state index in [2.05, 4.69) is 5.32 Å². The minimum atomic E-state index is -0.248. The van der Waals surface area contributed by atoms with Gasteiger partial charge in [-0.1, -0.05) is 19.3 Å². The average molecular weight is 247 g/mol. The van der Waals surface area contributed by atoms with Crippen LogP contribution < -0.4 is 5.32 Å². The van der Waals surface area contributed by atoms with Crippen molar-refractivity contribution in [2.24, 2.45) is 0 Å². The second-order valence-corrected chi connectivity index (χ2v) is 4.78. The highest BCUT2D eigenvalue weighted by molar-refractivity contribution is 5.89. The Labute approximate surface area is 109 Å². The molecule has 1 aliphatic rings. The average Bonchev–Trinajstić information content (AvgIpc) is 2.41. The van der Waals surface area contributed by atoms with Crippen molar-refractivity contribution in [3.05, 3.63) is 29.8 Å². The quantitative estimate of drug-likeness (QED) is 0.826. The Morgan fingerprint density at radius 3 is 2.50 bits per heavy atom. The van der Waals surface area contributed by atoms with Gasteiger partial charge in [-0.3, -0.25) is 0 Å². The number of nitrogens with one attached hydrogen (secondary N) is 1. The monoisotopic (exact) mass is 247 g/mol. The molecule has 1 aliphatic carbocycles. The van der Waals surface area contributed by atoms with Gasteiger partial charge < -0.3 is 10.1 Å². The molecule has 0 spiro atoms. The summed E-state index contributed by atoms with van der Waals surface area (Å²) < 4.78 is 4.96. The van der Waals surface area contributed by atoms with E-state index in [9.17, 15) is 4.79 Å². The number of anilines is 1. The molecule has 18 heavy (non-hydrogen) atoms. The minimum absolute atomic E-state index is 0.248. The summed E-state index contributed by atoms with van der Waals surface area (Å²) in [5, 5.41) is 3.53. The second kappa shape index (κ2) is 6.43. The normalized spacial score (nSPS) is 16.3. The fourth-order valence-corrected chi connectivity index (χ4v) is 2.40. The van der Waals surface area contributed by atoms with Gasteiger partial charge in [-0.2, -0.15) is 0 Å². The zero-order valence-electron chi connectivity index (χ0n) is 10.9. The van der Waals surface area contributed by atoms with Gasteiger partial charge >= 0.3 is 5.97 Å². The predicted molar refractivity (Wildman–Crippen MR) is 72.9 cm³/mol. The van der Waals surface area contributed by atoms with Crippen LogP contribution in [0.25, 0.3) is 0 Å². The molecule has 0 saturated heterocycles. The van der Waals surface area contributed by atoms with Crippen LogP contribution in [0, 0.1) is 0 Å². The third kappa shape index (κ3) is 3.49. The highest BCUT2D eigenvalue weighted by atomic mass is 16.5. The number of ether oxygens (including phenoxy) is 1. The van der Waals surface area contributed by atoms with E-state index >= 15 is 0 Å². The fraction of sp³-hybridized carbons (Fsp3) is 0.533. The molecule has 0 unspecified atom stereocenters. The molecule has 0 amide bonds. The van der Waals surface area contributed by atoms with Crippen molar-refractivity contribution in [2.75, 3.05) is 11.9 Å². The lowest BCUT2D eigenvalue weighted by Gasteiger charge is -2.23. The van der Waals surface area contributed by atoms with Crippen LogP contribution in [0.1, 0.15) is 49.4 Å². The first-order valence-electron chi connectivity index (χ1n) is 6.83. The smallest absolute Gasteiger partial charge is 0.338 e. The van der Waals surface area contributed by atoms with Crippen LogP contribution in [0.2, 0.25) is 0 Å². The summed E-state index contributed by atoms with van der Waals surface area (Å²) in [6, 6.07) is 8.15. The van der Waals surface area contributed by atoms with E-state index in [0.29, 0.717) is 18.2 Å². The van der Waals surface area contributed by atoms with Gasteiger partial charge in [-0.25, -0.2) is 4.79 Å². The number of esters is 1. The van der Waals surface area contributed by atoms with Crippen molar-refractivity contribution in [2.45, 2.75) is 45.1 Å². The molecule has 2 rings (SSSR count). The molecule has 0 bridgehead atoms. The SMILES string of the molecule is CCOC(=O)c1ccc(NC2CCCCC2)cc1. The van der Waals surface area contributed by atoms with Gasteiger partial charge in [-0.05, 0) is 44.0 Å². The van der Waals surface area contributed by atoms with Crippen molar-refractivity contribution in [3.8, 4) is 0 Å². The Balaban J connectivity index is 1.92. The summed E-state index contributed by atoms with van der Waals surface area (Å²) >= 11 is 0. The van der Waals surface area contributed by atoms with E-state index in [1.54, 1.807) is 0 Å². The Kier molecular flexibility index (Phi) is 4.62. The van der Waals surface area contributed by atoms with E-state index in [1.165, 1.54) is 32.1 Å². The van der Waals surface area contributed by atoms with E-state index < -0.39 is 0 Å². The number of hydrogen-bond donors (Lipinski definition) is 1. The molecule has 0 heterocycles. The molecule has 98 valence electrons. The molecule has 0 aliphatic heterocycles. The first-order valence-corrected chi connectivity index (χ1v) is 6.83. The highest BCUT2D eigenvalue weighted by Gasteiger charge is 2.13. The van der Waals surface area contributed by atoms with E-state index in [0.717, 1.165) is 5.69 Å². The maximum Gasteiger partial charge on any atom is 0.338 e. The summed E-state index contributed by atoms with van der Waals surface area (Å²) in [5.74, 6) is -0.248. The highest BCUT2D eigenvalue weighted by Crippen LogP contribution is 2.21. The van der Waals surface area contributed by atoms with Gasteiger partial charge in [0.25, 0.3) is 0 Å². The number of benzene rings is 1. The molecule has 3 heteroatoms. The van der Waals surface area contributed by atoms with Crippen LogP contribution in [0.5, 0.6) is 0 Å². The second-order valence-electron chi connectivity index (χ2n) is 4.78. The largest absolute Gasteiger partial charge is 0.462 e. The molecule has 1 fully saturated rings. The summed E-state index contributed by atoms with van der Waals surface area (Å²) in [5.41, 5.74) is 1.71. The van der Waals surface area contributed by atoms with Gasteiger partial charge in [0.05, 0.1) is 12.2 Å². The van der Waals surface area contributed by atoms with Crippen LogP contribution in [0.4, 0.5) is 5.69 Å². The van der Waals surface area contributed by atoms with Crippen molar-refractivity contribution in [3.63, 3.8) is 0 Å². The minimum Gasteiger partial charge on any atom is -0.462 e. The first-order chi connectivity index (χ1) is 8.79. The summed E-state index contributed by atoms with van der Waals surface area (Å²) in [4.78, 5) is 11.5. The summed E-state index contributed by atoms with van der Waals surface area (Å²) in [6.07, 6.45) is 6.50. The lowest BCUT2D eigenvalue weighted by molar-refractivity contribution is 0.0526. The van der Waals surface area contributed by atoms with E-state index in [1.807, 2.05) is 31.2 Å². The third-order valence-electron chi connectivity index (χ3n) is 3.37. The van der Waals surface area contributed by atoms with Crippen molar-refractivity contribution in [1.82, 2.24) is 0 Å². The van der Waals surface area contributed by atoms with Crippen molar-refractivity contribution < 1.29 is 9.53 Å². The lowest BCUT2D eigenvalue weighted by atomic mass is 9.95. The molecular weight excluding hydrogens is 226 g/mol. The molecule has 1 aromatic carbocycles. The Morgan fingerprint density at radius 1 is 1.22 bits per heavy atom. The van der Waals surface area contributed by atoms with Crippen LogP contribution in [-0.2, 0) is 4.74 Å². The fourth-order valence-electron chi connectivity index (χ4n) is 2.40. The van der Waals surface area contributed by atoms with Crippen LogP contribution >= 0.6 is 0 Å². The molecule has 1 N–H and O–H groups in total. The van der Waals surface area contributed by atoms with Gasteiger partial charge in [0.2, 0.25) is 0 Å².